The van der Waals surface area contributed by atoms with E-state index >= 15 is 0 Å². The number of nitro groups is 1. The lowest BCUT2D eigenvalue weighted by molar-refractivity contribution is -0.384. The molecule has 4 N–H and O–H groups in total. The smallest absolute Gasteiger partial charge is 0.375 e. The molecular formula is C12H14N4O6. The van der Waals surface area contributed by atoms with Crippen LogP contribution in [0, 0.1) is 10.1 Å². The molecule has 0 unspecified atom stereocenters. The minimum Gasteiger partial charge on any atom is -0.457 e. The average Bonchev–Trinajstić information content (AvgIpc) is 2.55. The third-order valence-corrected chi connectivity index (χ3v) is 3.01. The van der Waals surface area contributed by atoms with Crippen LogP contribution in [0.15, 0.2) is 29.3 Å². The predicted octanol–water partition coefficient (Wildman–Crippen LogP) is -0.810. The highest BCUT2D eigenvalue weighted by Gasteiger charge is 2.36. The number of rotatable bonds is 5. The number of benzene rings is 1. The van der Waals surface area contributed by atoms with Gasteiger partial charge in [-0.1, -0.05) is 0 Å². The summed E-state index contributed by atoms with van der Waals surface area (Å²) in [6.07, 6.45) is 0. The van der Waals surface area contributed by atoms with E-state index in [2.05, 4.69) is 15.8 Å². The Labute approximate surface area is 124 Å². The SMILES string of the molecule is O=C1OCC(CO)(CO)N=C1NNc1ccc([N+](=O)[O-])cc1. The summed E-state index contributed by atoms with van der Waals surface area (Å²) in [6.45, 7) is -1.19. The van der Waals surface area contributed by atoms with Gasteiger partial charge in [-0.2, -0.15) is 0 Å². The molecule has 0 fully saturated rings. The van der Waals surface area contributed by atoms with E-state index in [0.29, 0.717) is 5.69 Å². The van der Waals surface area contributed by atoms with Gasteiger partial charge in [0.05, 0.1) is 23.8 Å². The van der Waals surface area contributed by atoms with Gasteiger partial charge < -0.3 is 14.9 Å². The fourth-order valence-electron chi connectivity index (χ4n) is 1.67. The molecule has 0 amide bonds. The molecule has 10 heteroatoms. The van der Waals surface area contributed by atoms with Crippen molar-refractivity contribution in [1.82, 2.24) is 5.43 Å². The lowest BCUT2D eigenvalue weighted by Crippen LogP contribution is -2.51. The first kappa shape index (κ1) is 15.7. The van der Waals surface area contributed by atoms with Gasteiger partial charge in [-0.15, -0.1) is 0 Å². The van der Waals surface area contributed by atoms with E-state index in [0.717, 1.165) is 0 Å². The van der Waals surface area contributed by atoms with Gasteiger partial charge in [-0.05, 0) is 12.1 Å². The molecular weight excluding hydrogens is 296 g/mol. The van der Waals surface area contributed by atoms with Crippen molar-refractivity contribution in [1.29, 1.82) is 0 Å². The van der Waals surface area contributed by atoms with E-state index < -0.39 is 29.6 Å². The summed E-state index contributed by atoms with van der Waals surface area (Å²) in [6, 6.07) is 5.45. The van der Waals surface area contributed by atoms with Crippen molar-refractivity contribution in [3.63, 3.8) is 0 Å². The summed E-state index contributed by atoms with van der Waals surface area (Å²) in [5.74, 6) is -0.959. The summed E-state index contributed by atoms with van der Waals surface area (Å²) in [5.41, 5.74) is 4.22. The molecule has 0 saturated carbocycles. The Morgan fingerprint density at radius 3 is 2.45 bits per heavy atom. The van der Waals surface area contributed by atoms with Crippen LogP contribution in [-0.4, -0.2) is 52.3 Å². The summed E-state index contributed by atoms with van der Waals surface area (Å²) in [7, 11) is 0. The van der Waals surface area contributed by atoms with Crippen LogP contribution in [0.25, 0.3) is 0 Å². The van der Waals surface area contributed by atoms with Gasteiger partial charge in [0.15, 0.2) is 0 Å². The second kappa shape index (κ2) is 6.37. The molecule has 1 heterocycles. The van der Waals surface area contributed by atoms with Crippen molar-refractivity contribution in [2.75, 3.05) is 25.2 Å². The zero-order valence-corrected chi connectivity index (χ0v) is 11.4. The monoisotopic (exact) mass is 310 g/mol. The Morgan fingerprint density at radius 2 is 1.91 bits per heavy atom. The number of nitrogens with zero attached hydrogens (tertiary/aromatic N) is 2. The zero-order chi connectivity index (χ0) is 16.2. The van der Waals surface area contributed by atoms with Crippen LogP contribution >= 0.6 is 0 Å². The molecule has 1 aromatic rings. The molecule has 10 nitrogen and oxygen atoms in total. The van der Waals surface area contributed by atoms with Crippen LogP contribution < -0.4 is 10.9 Å². The molecule has 0 bridgehead atoms. The number of carbonyl (C=O) groups is 1. The first-order valence-electron chi connectivity index (χ1n) is 6.25. The molecule has 0 saturated heterocycles. The third-order valence-electron chi connectivity index (χ3n) is 3.01. The number of aliphatic hydroxyl groups is 2. The van der Waals surface area contributed by atoms with Crippen LogP contribution in [0.1, 0.15) is 0 Å². The zero-order valence-electron chi connectivity index (χ0n) is 11.4. The summed E-state index contributed by atoms with van der Waals surface area (Å²) in [5, 5.41) is 29.0. The minimum absolute atomic E-state index is 0.0699. The Morgan fingerprint density at radius 1 is 1.27 bits per heavy atom. The van der Waals surface area contributed by atoms with Gasteiger partial charge in [-0.3, -0.25) is 21.0 Å². The number of nitrogens with one attached hydrogen (secondary N) is 2. The number of hydrogen-bond donors (Lipinski definition) is 4. The van der Waals surface area contributed by atoms with Gasteiger partial charge in [0.1, 0.15) is 12.1 Å². The maximum Gasteiger partial charge on any atom is 0.375 e. The van der Waals surface area contributed by atoms with Crippen molar-refractivity contribution in [3.05, 3.63) is 34.4 Å². The molecule has 118 valence electrons. The highest BCUT2D eigenvalue weighted by molar-refractivity contribution is 6.36. The number of non-ortho nitro benzene ring substituents is 1. The van der Waals surface area contributed by atoms with Crippen LogP contribution in [0.3, 0.4) is 0 Å². The van der Waals surface area contributed by atoms with Crippen molar-refractivity contribution in [2.24, 2.45) is 4.99 Å². The number of hydrazine groups is 1. The number of aliphatic imine (C=N–C) groups is 1. The molecule has 0 atom stereocenters. The topological polar surface area (TPSA) is 146 Å². The molecule has 1 aliphatic rings. The van der Waals surface area contributed by atoms with Gasteiger partial charge >= 0.3 is 5.97 Å². The van der Waals surface area contributed by atoms with Gasteiger partial charge in [0.2, 0.25) is 5.84 Å². The summed E-state index contributed by atoms with van der Waals surface area (Å²) in [4.78, 5) is 25.5. The lowest BCUT2D eigenvalue weighted by Gasteiger charge is -2.29. The Kier molecular flexibility index (Phi) is 4.53. The number of anilines is 1. The van der Waals surface area contributed by atoms with E-state index in [1.807, 2.05) is 0 Å². The predicted molar refractivity (Wildman–Crippen MR) is 75.2 cm³/mol. The molecule has 1 aliphatic heterocycles. The van der Waals surface area contributed by atoms with Crippen molar-refractivity contribution < 1.29 is 24.7 Å². The lowest BCUT2D eigenvalue weighted by atomic mass is 10.0. The van der Waals surface area contributed by atoms with Crippen LogP contribution in [0.4, 0.5) is 11.4 Å². The van der Waals surface area contributed by atoms with E-state index in [4.69, 9.17) is 4.74 Å². The van der Waals surface area contributed by atoms with Crippen molar-refractivity contribution in [3.8, 4) is 0 Å². The Balaban J connectivity index is 2.07. The fraction of sp³-hybridized carbons (Fsp3) is 0.333. The van der Waals surface area contributed by atoms with E-state index in [1.54, 1.807) is 0 Å². The number of hydrogen-bond acceptors (Lipinski definition) is 9. The van der Waals surface area contributed by atoms with Gasteiger partial charge in [0.25, 0.3) is 5.69 Å². The van der Waals surface area contributed by atoms with Gasteiger partial charge in [-0.25, -0.2) is 9.79 Å². The van der Waals surface area contributed by atoms with Crippen LogP contribution in [-0.2, 0) is 9.53 Å². The molecule has 0 aromatic heterocycles. The highest BCUT2D eigenvalue weighted by atomic mass is 16.6. The number of ether oxygens (including phenoxy) is 1. The maximum atomic E-state index is 11.6. The quantitative estimate of drug-likeness (QED) is 0.314. The average molecular weight is 310 g/mol. The second-order valence-corrected chi connectivity index (χ2v) is 4.63. The van der Waals surface area contributed by atoms with E-state index in [9.17, 15) is 25.1 Å². The molecule has 0 spiro atoms. The van der Waals surface area contributed by atoms with Crippen molar-refractivity contribution >= 4 is 23.2 Å². The van der Waals surface area contributed by atoms with Crippen LogP contribution in [0.5, 0.6) is 0 Å². The molecule has 0 radical (unpaired) electrons. The van der Waals surface area contributed by atoms with E-state index in [-0.39, 0.29) is 18.1 Å². The number of esters is 1. The number of cyclic esters (lactones) is 1. The molecule has 0 aliphatic carbocycles. The first-order chi connectivity index (χ1) is 10.5. The third kappa shape index (κ3) is 3.30. The fourth-order valence-corrected chi connectivity index (χ4v) is 1.67. The summed E-state index contributed by atoms with van der Waals surface area (Å²) >= 11 is 0. The highest BCUT2D eigenvalue weighted by Crippen LogP contribution is 2.17. The van der Waals surface area contributed by atoms with Crippen LogP contribution in [0.2, 0.25) is 0 Å². The van der Waals surface area contributed by atoms with Gasteiger partial charge in [0, 0.05) is 12.1 Å². The number of amidine groups is 1. The first-order valence-corrected chi connectivity index (χ1v) is 6.25. The maximum absolute atomic E-state index is 11.6. The largest absolute Gasteiger partial charge is 0.457 e. The normalized spacial score (nSPS) is 16.5. The number of aliphatic hydroxyl groups excluding tert-OH is 2. The Hall–Kier alpha value is -2.72. The number of nitro benzene ring substituents is 1. The minimum atomic E-state index is -1.28. The number of carbonyl (C=O) groups excluding carboxylic acids is 1. The molecule has 22 heavy (non-hydrogen) atoms. The standard InChI is InChI=1S/C12H14N4O6/c17-5-12(6-18)7-22-11(19)10(13-12)15-14-8-1-3-9(4-2-8)16(20)21/h1-4,14,17-18H,5-7H2,(H,13,15). The Bertz CT molecular complexity index is 596. The summed E-state index contributed by atoms with van der Waals surface area (Å²) < 4.78 is 4.85. The molecule has 1 aromatic carbocycles. The second-order valence-electron chi connectivity index (χ2n) is 4.63. The van der Waals surface area contributed by atoms with E-state index in [1.165, 1.54) is 24.3 Å². The molecule has 2 rings (SSSR count). The van der Waals surface area contributed by atoms with Crippen molar-refractivity contribution in [2.45, 2.75) is 5.54 Å².